The molecule has 0 spiro atoms. The summed E-state index contributed by atoms with van der Waals surface area (Å²) >= 11 is 5.78. The highest BCUT2D eigenvalue weighted by atomic mass is 35.5. The number of hydrogen-bond acceptors (Lipinski definition) is 3. The first-order chi connectivity index (χ1) is 12.3. The second-order valence-corrected chi connectivity index (χ2v) is 8.17. The number of carbonyl (C=O) groups is 1. The van der Waals surface area contributed by atoms with Crippen LogP contribution >= 0.6 is 11.6 Å². The molecule has 0 unspecified atom stereocenters. The Balaban J connectivity index is 1.83. The van der Waals surface area contributed by atoms with Crippen molar-refractivity contribution in [1.82, 2.24) is 4.31 Å². The first kappa shape index (κ1) is 18.8. The van der Waals surface area contributed by atoms with E-state index in [2.05, 4.69) is 5.32 Å². The molecule has 1 aliphatic heterocycles. The lowest BCUT2D eigenvalue weighted by atomic mass is 10.2. The lowest BCUT2D eigenvalue weighted by Gasteiger charge is -2.23. The molecule has 9 heteroatoms. The molecule has 0 aliphatic carbocycles. The zero-order valence-electron chi connectivity index (χ0n) is 13.5. The van der Waals surface area contributed by atoms with E-state index in [1.165, 1.54) is 24.3 Å². The molecule has 0 saturated carbocycles. The highest BCUT2D eigenvalue weighted by Crippen LogP contribution is 2.28. The third-order valence-electron chi connectivity index (χ3n) is 4.12. The first-order valence-corrected chi connectivity index (χ1v) is 9.64. The van der Waals surface area contributed by atoms with Gasteiger partial charge < -0.3 is 5.32 Å². The van der Waals surface area contributed by atoms with Crippen LogP contribution in [0.4, 0.5) is 14.5 Å². The van der Waals surface area contributed by atoms with E-state index in [9.17, 15) is 22.0 Å². The van der Waals surface area contributed by atoms with Gasteiger partial charge in [-0.15, -0.1) is 0 Å². The number of benzene rings is 2. The molecule has 1 atom stereocenters. The number of sulfonamides is 1. The van der Waals surface area contributed by atoms with Crippen LogP contribution in [0.15, 0.2) is 47.4 Å². The van der Waals surface area contributed by atoms with Crippen molar-refractivity contribution < 1.29 is 22.0 Å². The minimum atomic E-state index is -3.90. The molecule has 26 heavy (non-hydrogen) atoms. The fourth-order valence-corrected chi connectivity index (χ4v) is 4.62. The predicted molar refractivity (Wildman–Crippen MR) is 93.4 cm³/mol. The summed E-state index contributed by atoms with van der Waals surface area (Å²) in [5.74, 6) is -2.36. The van der Waals surface area contributed by atoms with Crippen molar-refractivity contribution in [1.29, 1.82) is 0 Å². The van der Waals surface area contributed by atoms with Crippen molar-refractivity contribution in [2.75, 3.05) is 11.9 Å². The van der Waals surface area contributed by atoms with Crippen LogP contribution in [0, 0.1) is 11.6 Å². The van der Waals surface area contributed by atoms with Gasteiger partial charge in [0.25, 0.3) is 0 Å². The molecule has 3 rings (SSSR count). The summed E-state index contributed by atoms with van der Waals surface area (Å²) in [7, 11) is -3.90. The van der Waals surface area contributed by atoms with Gasteiger partial charge >= 0.3 is 0 Å². The Morgan fingerprint density at radius 2 is 1.85 bits per heavy atom. The third kappa shape index (κ3) is 3.72. The minimum Gasteiger partial charge on any atom is -0.322 e. The van der Waals surface area contributed by atoms with Gasteiger partial charge in [-0.25, -0.2) is 17.2 Å². The van der Waals surface area contributed by atoms with Gasteiger partial charge in [0.2, 0.25) is 15.9 Å². The Bertz CT molecular complexity index is 936. The topological polar surface area (TPSA) is 66.5 Å². The van der Waals surface area contributed by atoms with Crippen molar-refractivity contribution >= 4 is 33.2 Å². The zero-order valence-corrected chi connectivity index (χ0v) is 15.0. The molecule has 1 fully saturated rings. The molecule has 1 amide bonds. The van der Waals surface area contributed by atoms with Crippen molar-refractivity contribution in [2.45, 2.75) is 23.8 Å². The molecular weight excluding hydrogens is 386 g/mol. The standard InChI is InChI=1S/C17H15ClF2N2O3S/c18-11-3-6-13(7-4-11)26(24,25)22-9-1-2-16(22)17(23)21-15-8-5-12(19)10-14(15)20/h3-8,10,16H,1-2,9H2,(H,21,23)/t16-/m0/s1. The molecule has 0 radical (unpaired) electrons. The van der Waals surface area contributed by atoms with E-state index >= 15 is 0 Å². The van der Waals surface area contributed by atoms with Crippen LogP contribution in [0.5, 0.6) is 0 Å². The number of halogens is 3. The van der Waals surface area contributed by atoms with Crippen molar-refractivity contribution in [3.8, 4) is 0 Å². The second kappa shape index (κ2) is 7.30. The Kier molecular flexibility index (Phi) is 5.27. The monoisotopic (exact) mass is 400 g/mol. The first-order valence-electron chi connectivity index (χ1n) is 7.82. The lowest BCUT2D eigenvalue weighted by molar-refractivity contribution is -0.119. The Labute approximate surface area is 154 Å². The molecule has 2 aromatic carbocycles. The number of hydrogen-bond donors (Lipinski definition) is 1. The van der Waals surface area contributed by atoms with Crippen molar-refractivity contribution in [3.63, 3.8) is 0 Å². The Morgan fingerprint density at radius 1 is 1.15 bits per heavy atom. The highest BCUT2D eigenvalue weighted by molar-refractivity contribution is 7.89. The molecule has 1 saturated heterocycles. The number of rotatable bonds is 4. The van der Waals surface area contributed by atoms with E-state index in [4.69, 9.17) is 11.6 Å². The fraction of sp³-hybridized carbons (Fsp3) is 0.235. The van der Waals surface area contributed by atoms with Crippen molar-refractivity contribution in [3.05, 3.63) is 59.1 Å². The largest absolute Gasteiger partial charge is 0.322 e. The number of nitrogens with one attached hydrogen (secondary N) is 1. The van der Waals surface area contributed by atoms with Crippen molar-refractivity contribution in [2.24, 2.45) is 0 Å². The van der Waals surface area contributed by atoms with E-state index in [-0.39, 0.29) is 17.1 Å². The third-order valence-corrected chi connectivity index (χ3v) is 6.29. The summed E-state index contributed by atoms with van der Waals surface area (Å²) < 4.78 is 53.4. The molecule has 5 nitrogen and oxygen atoms in total. The number of amides is 1. The van der Waals surface area contributed by atoms with Gasteiger partial charge in [0.05, 0.1) is 10.6 Å². The highest BCUT2D eigenvalue weighted by Gasteiger charge is 2.39. The normalized spacial score (nSPS) is 18.0. The van der Waals surface area contributed by atoms with Gasteiger partial charge in [-0.3, -0.25) is 4.79 Å². The van der Waals surface area contributed by atoms with Crippen LogP contribution < -0.4 is 5.32 Å². The molecule has 1 heterocycles. The SMILES string of the molecule is O=C(Nc1ccc(F)cc1F)[C@@H]1CCCN1S(=O)(=O)c1ccc(Cl)cc1. The lowest BCUT2D eigenvalue weighted by Crippen LogP contribution is -2.43. The number of carbonyl (C=O) groups excluding carboxylic acids is 1. The Morgan fingerprint density at radius 3 is 2.50 bits per heavy atom. The maximum atomic E-state index is 13.7. The van der Waals surface area contributed by atoms with E-state index in [1.54, 1.807) is 0 Å². The molecule has 0 bridgehead atoms. The van der Waals surface area contributed by atoms with Gasteiger partial charge in [0, 0.05) is 17.6 Å². The molecule has 2 aromatic rings. The average Bonchev–Trinajstić information content (AvgIpc) is 3.08. The minimum absolute atomic E-state index is 0.0227. The van der Waals surface area contributed by atoms with Gasteiger partial charge in [0.1, 0.15) is 17.7 Å². The molecule has 138 valence electrons. The molecular formula is C17H15ClF2N2O3S. The van der Waals surface area contributed by atoms with Gasteiger partial charge in [0.15, 0.2) is 0 Å². The van der Waals surface area contributed by atoms with E-state index in [0.717, 1.165) is 16.4 Å². The molecule has 1 N–H and O–H groups in total. The summed E-state index contributed by atoms with van der Waals surface area (Å²) in [6, 6.07) is 7.41. The maximum absolute atomic E-state index is 13.7. The summed E-state index contributed by atoms with van der Waals surface area (Å²) in [5, 5.41) is 2.73. The van der Waals surface area contributed by atoms with E-state index in [0.29, 0.717) is 23.9 Å². The van der Waals surface area contributed by atoms with Crippen LogP contribution in [0.25, 0.3) is 0 Å². The van der Waals surface area contributed by atoms with Crippen LogP contribution in [0.3, 0.4) is 0 Å². The van der Waals surface area contributed by atoms with Gasteiger partial charge in [-0.05, 0) is 49.2 Å². The summed E-state index contributed by atoms with van der Waals surface area (Å²) in [6.07, 6.45) is 0.804. The van der Waals surface area contributed by atoms with Crippen LogP contribution in [0.2, 0.25) is 5.02 Å². The maximum Gasteiger partial charge on any atom is 0.243 e. The summed E-state index contributed by atoms with van der Waals surface area (Å²) in [5.41, 5.74) is -0.202. The van der Waals surface area contributed by atoms with E-state index in [1.807, 2.05) is 0 Å². The quantitative estimate of drug-likeness (QED) is 0.855. The van der Waals surface area contributed by atoms with Crippen LogP contribution in [-0.4, -0.2) is 31.2 Å². The zero-order chi connectivity index (χ0) is 18.9. The fourth-order valence-electron chi connectivity index (χ4n) is 2.84. The Hall–Kier alpha value is -2.03. The molecule has 1 aliphatic rings. The van der Waals surface area contributed by atoms with Gasteiger partial charge in [-0.2, -0.15) is 4.31 Å². The van der Waals surface area contributed by atoms with Crippen LogP contribution in [0.1, 0.15) is 12.8 Å². The summed E-state index contributed by atoms with van der Waals surface area (Å²) in [4.78, 5) is 12.5. The average molecular weight is 401 g/mol. The summed E-state index contributed by atoms with van der Waals surface area (Å²) in [6.45, 7) is 0.176. The second-order valence-electron chi connectivity index (χ2n) is 5.84. The van der Waals surface area contributed by atoms with Gasteiger partial charge in [-0.1, -0.05) is 11.6 Å². The van der Waals surface area contributed by atoms with E-state index < -0.39 is 33.6 Å². The predicted octanol–water partition coefficient (Wildman–Crippen LogP) is 3.41. The smallest absolute Gasteiger partial charge is 0.243 e. The van der Waals surface area contributed by atoms with Crippen LogP contribution in [-0.2, 0) is 14.8 Å². The molecule has 0 aromatic heterocycles. The number of anilines is 1. The number of nitrogens with zero attached hydrogens (tertiary/aromatic N) is 1.